The molecule has 4 atom stereocenters. The highest BCUT2D eigenvalue weighted by molar-refractivity contribution is 6.04. The number of hydrogen-bond donors (Lipinski definition) is 3. The number of allylic oxidation sites excluding steroid dienone is 1. The number of hydrogen-bond acceptors (Lipinski definition) is 9. The molecular formula is C42H55N7O6. The van der Waals surface area contributed by atoms with E-state index in [2.05, 4.69) is 63.7 Å². The van der Waals surface area contributed by atoms with Gasteiger partial charge in [0, 0.05) is 31.4 Å². The Labute approximate surface area is 324 Å². The van der Waals surface area contributed by atoms with Gasteiger partial charge in [-0.05, 0) is 65.3 Å². The molecule has 0 unspecified atom stereocenters. The Bertz CT molecular complexity index is 1870. The van der Waals surface area contributed by atoms with Crippen molar-refractivity contribution in [1.29, 1.82) is 5.41 Å². The summed E-state index contributed by atoms with van der Waals surface area (Å²) in [5.74, 6) is 0.257. The highest BCUT2D eigenvalue weighted by Gasteiger charge is 2.39. The molecule has 2 aromatic carbocycles. The number of benzene rings is 2. The van der Waals surface area contributed by atoms with Crippen molar-refractivity contribution in [2.75, 3.05) is 26.8 Å². The average Bonchev–Trinajstić information content (AvgIpc) is 4.02. The number of nitrogens with one attached hydrogen (secondary N) is 3. The molecule has 294 valence electrons. The van der Waals surface area contributed by atoms with Gasteiger partial charge in [-0.15, -0.1) is 0 Å². The summed E-state index contributed by atoms with van der Waals surface area (Å²) in [6.45, 7) is 9.18. The highest BCUT2D eigenvalue weighted by atomic mass is 17.2. The summed E-state index contributed by atoms with van der Waals surface area (Å²) in [7, 11) is 1.30. The van der Waals surface area contributed by atoms with Gasteiger partial charge < -0.3 is 29.7 Å². The van der Waals surface area contributed by atoms with Crippen LogP contribution in [0.5, 0.6) is 0 Å². The van der Waals surface area contributed by atoms with Gasteiger partial charge >= 0.3 is 6.09 Å². The number of aromatic nitrogens is 2. The SMILES string of the molecule is C.COC(=O)N[C@H](C(=O)N1CCC[C@H]1C1=NC=C(c2ccc(-c3ccc(-c4cnc([C@@H]5CCCN5C(=O)[C@@H](COOC=N)C(C)C)[nH]4)cc3)cc2)C1)C(C)C. The summed E-state index contributed by atoms with van der Waals surface area (Å²) in [5, 5.41) is 9.72. The van der Waals surface area contributed by atoms with E-state index in [1.807, 2.05) is 49.9 Å². The van der Waals surface area contributed by atoms with E-state index < -0.39 is 12.1 Å². The summed E-state index contributed by atoms with van der Waals surface area (Å²) >= 11 is 0. The molecule has 55 heavy (non-hydrogen) atoms. The number of ether oxygens (including phenoxy) is 1. The lowest BCUT2D eigenvalue weighted by Gasteiger charge is -2.31. The van der Waals surface area contributed by atoms with Gasteiger partial charge in [0.05, 0.1) is 37.0 Å². The van der Waals surface area contributed by atoms with E-state index >= 15 is 0 Å². The number of amides is 3. The minimum atomic E-state index is -0.656. The van der Waals surface area contributed by atoms with Crippen molar-refractivity contribution in [3.63, 3.8) is 0 Å². The summed E-state index contributed by atoms with van der Waals surface area (Å²) < 4.78 is 4.76. The maximum absolute atomic E-state index is 13.5. The molecule has 0 aliphatic carbocycles. The first-order valence-electron chi connectivity index (χ1n) is 18.8. The highest BCUT2D eigenvalue weighted by Crippen LogP contribution is 2.35. The third kappa shape index (κ3) is 9.16. The van der Waals surface area contributed by atoms with Gasteiger partial charge in [0.2, 0.25) is 18.2 Å². The molecule has 3 N–H and O–H groups in total. The number of carbonyl (C=O) groups is 3. The topological polar surface area (TPSA) is 162 Å². The van der Waals surface area contributed by atoms with Crippen molar-refractivity contribution in [3.05, 3.63) is 72.3 Å². The molecule has 0 radical (unpaired) electrons. The number of aliphatic imine (C=N–C) groups is 1. The number of likely N-dealkylation sites (tertiary alicyclic amines) is 2. The van der Waals surface area contributed by atoms with E-state index in [-0.39, 0.29) is 55.7 Å². The molecule has 2 saturated heterocycles. The maximum Gasteiger partial charge on any atom is 0.407 e. The molecule has 0 bridgehead atoms. The third-order valence-electron chi connectivity index (χ3n) is 10.8. The van der Waals surface area contributed by atoms with Crippen LogP contribution in [-0.2, 0) is 24.1 Å². The fourth-order valence-corrected chi connectivity index (χ4v) is 7.68. The first kappa shape index (κ1) is 40.9. The van der Waals surface area contributed by atoms with Crippen LogP contribution in [0.15, 0.2) is 65.9 Å². The molecule has 3 aromatic rings. The van der Waals surface area contributed by atoms with E-state index in [0.717, 1.165) is 70.7 Å². The van der Waals surface area contributed by atoms with E-state index in [1.54, 1.807) is 0 Å². The van der Waals surface area contributed by atoms with Crippen LogP contribution in [0.3, 0.4) is 0 Å². The van der Waals surface area contributed by atoms with Crippen LogP contribution in [0.25, 0.3) is 28.0 Å². The minimum Gasteiger partial charge on any atom is -0.453 e. The number of alkyl carbamates (subject to hydrolysis) is 1. The number of methoxy groups -OCH3 is 1. The van der Waals surface area contributed by atoms with Crippen molar-refractivity contribution in [3.8, 4) is 22.4 Å². The Morgan fingerprint density at radius 1 is 0.891 bits per heavy atom. The van der Waals surface area contributed by atoms with Gasteiger partial charge in [-0.1, -0.05) is 83.7 Å². The number of carbonyl (C=O) groups excluding carboxylic acids is 3. The second-order valence-electron chi connectivity index (χ2n) is 14.9. The lowest BCUT2D eigenvalue weighted by atomic mass is 9.95. The number of rotatable bonds is 14. The molecule has 13 nitrogen and oxygen atoms in total. The molecule has 4 heterocycles. The molecule has 6 rings (SSSR count). The average molecular weight is 754 g/mol. The van der Waals surface area contributed by atoms with Crippen LogP contribution in [0.1, 0.15) is 84.7 Å². The van der Waals surface area contributed by atoms with Crippen molar-refractivity contribution in [2.45, 2.75) is 85.4 Å². The van der Waals surface area contributed by atoms with Crippen LogP contribution in [0.2, 0.25) is 0 Å². The van der Waals surface area contributed by atoms with Crippen LogP contribution in [0, 0.1) is 23.2 Å². The lowest BCUT2D eigenvalue weighted by Crippen LogP contribution is -2.53. The van der Waals surface area contributed by atoms with Crippen molar-refractivity contribution >= 4 is 35.6 Å². The first-order valence-corrected chi connectivity index (χ1v) is 18.8. The predicted octanol–water partition coefficient (Wildman–Crippen LogP) is 7.43. The Balaban J connectivity index is 0.00000580. The van der Waals surface area contributed by atoms with E-state index in [9.17, 15) is 14.4 Å². The van der Waals surface area contributed by atoms with E-state index in [0.29, 0.717) is 25.9 Å². The van der Waals surface area contributed by atoms with Crippen molar-refractivity contribution < 1.29 is 28.9 Å². The molecule has 2 fully saturated rings. The molecule has 3 amide bonds. The number of aromatic amines is 1. The molecule has 13 heteroatoms. The van der Waals surface area contributed by atoms with E-state index in [4.69, 9.17) is 25.0 Å². The summed E-state index contributed by atoms with van der Waals surface area (Å²) in [5.41, 5.74) is 7.25. The van der Waals surface area contributed by atoms with Crippen LogP contribution >= 0.6 is 0 Å². The second kappa shape index (κ2) is 18.4. The quantitative estimate of drug-likeness (QED) is 0.0507. The molecular weight excluding hydrogens is 699 g/mol. The number of H-pyrrole nitrogens is 1. The van der Waals surface area contributed by atoms with Crippen molar-refractivity contribution in [1.82, 2.24) is 25.1 Å². The standard InChI is InChI=1S/C41H51N7O6.CH4/c1-25(2)32(23-53-54-24-42)39(49)48-19-7-9-36(48)38-44-22-34(45-38)30-16-14-28(15-17-30)27-10-12-29(13-11-27)31-20-33(43-21-31)35-8-6-18-47(35)40(50)37(26(3)4)46-41(51)52-5;/h10-17,21-22,24-26,32,35-37,42H,6-9,18-20,23H2,1-5H3,(H,44,45)(H,46,51);1H4/t32-,35-,36-,37-;/m0./s1. The molecule has 0 spiro atoms. The maximum atomic E-state index is 13.5. The van der Waals surface area contributed by atoms with Crippen molar-refractivity contribution in [2.24, 2.45) is 22.7 Å². The van der Waals surface area contributed by atoms with Crippen LogP contribution in [-0.4, -0.2) is 88.7 Å². The summed E-state index contributed by atoms with van der Waals surface area (Å²) in [6.07, 6.45) is 7.98. The molecule has 0 saturated carbocycles. The van der Waals surface area contributed by atoms with Gasteiger partial charge in [0.25, 0.3) is 0 Å². The van der Waals surface area contributed by atoms with Gasteiger partial charge in [-0.25, -0.2) is 9.78 Å². The molecule has 3 aliphatic rings. The van der Waals surface area contributed by atoms with Gasteiger partial charge in [-0.3, -0.25) is 20.0 Å². The third-order valence-corrected chi connectivity index (χ3v) is 10.8. The zero-order chi connectivity index (χ0) is 38.4. The number of nitrogens with zero attached hydrogens (tertiary/aromatic N) is 4. The predicted molar refractivity (Wildman–Crippen MR) is 213 cm³/mol. The zero-order valence-corrected chi connectivity index (χ0v) is 31.7. The Morgan fingerprint density at radius 2 is 1.49 bits per heavy atom. The zero-order valence-electron chi connectivity index (χ0n) is 31.7. The lowest BCUT2D eigenvalue weighted by molar-refractivity contribution is -0.229. The second-order valence-corrected chi connectivity index (χ2v) is 14.9. The van der Waals surface area contributed by atoms with Gasteiger partial charge in [0.15, 0.2) is 0 Å². The Hall–Kier alpha value is -5.30. The number of imidazole rings is 1. The summed E-state index contributed by atoms with van der Waals surface area (Å²) in [6, 6.07) is 15.9. The van der Waals surface area contributed by atoms with Gasteiger partial charge in [0.1, 0.15) is 18.5 Å². The normalized spacial score (nSPS) is 19.1. The summed E-state index contributed by atoms with van der Waals surface area (Å²) in [4.78, 5) is 65.4. The monoisotopic (exact) mass is 753 g/mol. The fraction of sp³-hybridized carbons (Fsp3) is 0.476. The Morgan fingerprint density at radius 3 is 2.09 bits per heavy atom. The fourth-order valence-electron chi connectivity index (χ4n) is 7.68. The minimum absolute atomic E-state index is 0. The first-order chi connectivity index (χ1) is 26.1. The molecule has 1 aromatic heterocycles. The van der Waals surface area contributed by atoms with Gasteiger partial charge in [-0.2, -0.15) is 4.89 Å². The van der Waals surface area contributed by atoms with Crippen LogP contribution < -0.4 is 5.32 Å². The van der Waals surface area contributed by atoms with Crippen LogP contribution in [0.4, 0.5) is 4.79 Å². The molecule has 3 aliphatic heterocycles. The largest absolute Gasteiger partial charge is 0.453 e. The smallest absolute Gasteiger partial charge is 0.407 e. The Kier molecular flexibility index (Phi) is 13.6. The van der Waals surface area contributed by atoms with E-state index in [1.165, 1.54) is 7.11 Å².